The van der Waals surface area contributed by atoms with Gasteiger partial charge in [0.05, 0.1) is 9.79 Å². The molecule has 0 saturated carbocycles. The van der Waals surface area contributed by atoms with Crippen LogP contribution in [0.4, 0.5) is 0 Å². The van der Waals surface area contributed by atoms with Crippen LogP contribution in [0.25, 0.3) is 0 Å². The Morgan fingerprint density at radius 3 is 2.11 bits per heavy atom. The van der Waals surface area contributed by atoms with Crippen molar-refractivity contribution in [1.29, 1.82) is 0 Å². The summed E-state index contributed by atoms with van der Waals surface area (Å²) in [6.07, 6.45) is 7.14. The highest BCUT2D eigenvalue weighted by molar-refractivity contribution is 7.91. The number of hydrogen-bond acceptors (Lipinski definition) is 6. The Hall–Kier alpha value is -1.78. The Morgan fingerprint density at radius 1 is 0.806 bits per heavy atom. The van der Waals surface area contributed by atoms with E-state index in [4.69, 9.17) is 0 Å². The Kier molecular flexibility index (Phi) is 9.22. The first-order chi connectivity index (χ1) is 17.2. The summed E-state index contributed by atoms with van der Waals surface area (Å²) < 4.78 is 53.5. The topological polar surface area (TPSA) is 78.0 Å². The molecule has 7 nitrogen and oxygen atoms in total. The molecule has 2 fully saturated rings. The summed E-state index contributed by atoms with van der Waals surface area (Å²) in [4.78, 5) is 4.87. The first-order valence-electron chi connectivity index (χ1n) is 13.0. The molecule has 2 saturated heterocycles. The molecule has 0 aromatic heterocycles. The molecular formula is C27H39N3O4S2. The van der Waals surface area contributed by atoms with Gasteiger partial charge in [0.1, 0.15) is 0 Å². The fourth-order valence-electron chi connectivity index (χ4n) is 5.33. The van der Waals surface area contributed by atoms with E-state index in [0.717, 1.165) is 77.5 Å². The summed E-state index contributed by atoms with van der Waals surface area (Å²) in [5.41, 5.74) is 1.35. The number of hydrogen-bond donors (Lipinski definition) is 0. The van der Waals surface area contributed by atoms with Crippen LogP contribution in [0.1, 0.15) is 37.7 Å². The zero-order chi connectivity index (χ0) is 25.6. The van der Waals surface area contributed by atoms with Gasteiger partial charge in [0.2, 0.25) is 10.0 Å². The van der Waals surface area contributed by atoms with Gasteiger partial charge in [0, 0.05) is 25.4 Å². The van der Waals surface area contributed by atoms with E-state index in [9.17, 15) is 16.8 Å². The van der Waals surface area contributed by atoms with Crippen molar-refractivity contribution >= 4 is 19.9 Å². The molecule has 9 heteroatoms. The number of likely N-dealkylation sites (tertiary alicyclic amines) is 2. The number of sulfonamides is 1. The van der Waals surface area contributed by atoms with Crippen LogP contribution in [-0.4, -0.2) is 89.1 Å². The average molecular weight is 534 g/mol. The Labute approximate surface area is 217 Å². The summed E-state index contributed by atoms with van der Waals surface area (Å²) in [6.45, 7) is 5.93. The second kappa shape index (κ2) is 12.2. The molecule has 2 aromatic carbocycles. The molecule has 36 heavy (non-hydrogen) atoms. The number of rotatable bonds is 11. The van der Waals surface area contributed by atoms with Crippen LogP contribution >= 0.6 is 0 Å². The lowest BCUT2D eigenvalue weighted by atomic mass is 10.0. The number of aryl methyl sites for hydroxylation is 1. The molecule has 0 radical (unpaired) electrons. The second-order valence-electron chi connectivity index (χ2n) is 10.1. The predicted molar refractivity (Wildman–Crippen MR) is 143 cm³/mol. The van der Waals surface area contributed by atoms with Gasteiger partial charge in [0.15, 0.2) is 9.84 Å². The van der Waals surface area contributed by atoms with E-state index in [1.807, 2.05) is 6.07 Å². The minimum Gasteiger partial charge on any atom is -0.303 e. The summed E-state index contributed by atoms with van der Waals surface area (Å²) in [5, 5.41) is 0. The van der Waals surface area contributed by atoms with Gasteiger partial charge in [-0.15, -0.1) is 0 Å². The Morgan fingerprint density at radius 2 is 1.44 bits per heavy atom. The van der Waals surface area contributed by atoms with Crippen LogP contribution in [0.15, 0.2) is 64.4 Å². The summed E-state index contributed by atoms with van der Waals surface area (Å²) >= 11 is 0. The molecule has 0 unspecified atom stereocenters. The van der Waals surface area contributed by atoms with Crippen molar-refractivity contribution in [2.24, 2.45) is 0 Å². The van der Waals surface area contributed by atoms with Crippen LogP contribution in [0, 0.1) is 0 Å². The molecule has 2 aliphatic heterocycles. The average Bonchev–Trinajstić information content (AvgIpc) is 3.39. The highest BCUT2D eigenvalue weighted by atomic mass is 32.2. The van der Waals surface area contributed by atoms with E-state index in [1.54, 1.807) is 4.31 Å². The third kappa shape index (κ3) is 7.16. The van der Waals surface area contributed by atoms with Crippen LogP contribution < -0.4 is 0 Å². The van der Waals surface area contributed by atoms with Gasteiger partial charge in [-0.1, -0.05) is 36.4 Å². The zero-order valence-corrected chi connectivity index (χ0v) is 22.9. The van der Waals surface area contributed by atoms with Crippen LogP contribution in [-0.2, 0) is 26.3 Å². The number of piperidine rings is 1. The van der Waals surface area contributed by atoms with Crippen molar-refractivity contribution in [2.45, 2.75) is 54.4 Å². The van der Waals surface area contributed by atoms with Gasteiger partial charge < -0.3 is 9.80 Å². The molecule has 4 rings (SSSR count). The van der Waals surface area contributed by atoms with Crippen molar-refractivity contribution in [1.82, 2.24) is 14.1 Å². The van der Waals surface area contributed by atoms with Crippen molar-refractivity contribution in [3.8, 4) is 0 Å². The largest absolute Gasteiger partial charge is 0.303 e. The van der Waals surface area contributed by atoms with Gasteiger partial charge in [0.25, 0.3) is 0 Å². The maximum absolute atomic E-state index is 13.8. The van der Waals surface area contributed by atoms with Crippen molar-refractivity contribution in [3.63, 3.8) is 0 Å². The minimum absolute atomic E-state index is 0.0382. The third-order valence-corrected chi connectivity index (χ3v) is 10.5. The maximum Gasteiger partial charge on any atom is 0.243 e. The molecule has 198 valence electrons. The fourth-order valence-corrected chi connectivity index (χ4v) is 7.79. The second-order valence-corrected chi connectivity index (χ2v) is 14.0. The molecule has 0 N–H and O–H groups in total. The summed E-state index contributed by atoms with van der Waals surface area (Å²) in [5.74, 6) is 0. The van der Waals surface area contributed by atoms with E-state index < -0.39 is 19.9 Å². The predicted octanol–water partition coefficient (Wildman–Crippen LogP) is 3.27. The molecule has 0 aliphatic carbocycles. The molecular weight excluding hydrogens is 494 g/mol. The van der Waals surface area contributed by atoms with Crippen LogP contribution in [0.2, 0.25) is 0 Å². The van der Waals surface area contributed by atoms with E-state index >= 15 is 0 Å². The summed E-state index contributed by atoms with van der Waals surface area (Å²) in [7, 11) is -7.32. The minimum atomic E-state index is -3.82. The lowest BCUT2D eigenvalue weighted by molar-refractivity contribution is 0.151. The van der Waals surface area contributed by atoms with E-state index in [0.29, 0.717) is 13.1 Å². The number of sulfone groups is 1. The van der Waals surface area contributed by atoms with Crippen LogP contribution in [0.5, 0.6) is 0 Å². The standard InChI is InChI=1S/C27H39N3O4S2/c1-35(31,32)26-12-7-13-27(23-26)36(33,34)30(22-21-28-16-5-6-17-28)25-14-19-29(20-15-25)18-8-11-24-9-3-2-4-10-24/h2-4,7,9-10,12-13,23,25H,5-6,8,11,14-22H2,1H3. The summed E-state index contributed by atoms with van der Waals surface area (Å²) in [6, 6.07) is 16.2. The van der Waals surface area contributed by atoms with Crippen LogP contribution in [0.3, 0.4) is 0 Å². The molecule has 2 aliphatic rings. The number of nitrogens with zero attached hydrogens (tertiary/aromatic N) is 3. The van der Waals surface area contributed by atoms with Crippen molar-refractivity contribution in [2.75, 3.05) is 52.1 Å². The Bertz CT molecular complexity index is 1190. The quantitative estimate of drug-likeness (QED) is 0.441. The molecule has 0 bridgehead atoms. The highest BCUT2D eigenvalue weighted by Crippen LogP contribution is 2.26. The van der Waals surface area contributed by atoms with E-state index in [2.05, 4.69) is 34.1 Å². The lowest BCUT2D eigenvalue weighted by Gasteiger charge is -2.38. The van der Waals surface area contributed by atoms with Gasteiger partial charge in [-0.2, -0.15) is 4.31 Å². The zero-order valence-electron chi connectivity index (χ0n) is 21.3. The molecule has 0 atom stereocenters. The van der Waals surface area contributed by atoms with Crippen molar-refractivity contribution in [3.05, 3.63) is 60.2 Å². The molecule has 0 amide bonds. The van der Waals surface area contributed by atoms with E-state index in [-0.39, 0.29) is 15.8 Å². The molecule has 2 aromatic rings. The first-order valence-corrected chi connectivity index (χ1v) is 16.4. The molecule has 0 spiro atoms. The van der Waals surface area contributed by atoms with Gasteiger partial charge >= 0.3 is 0 Å². The van der Waals surface area contributed by atoms with Gasteiger partial charge in [-0.3, -0.25) is 0 Å². The van der Waals surface area contributed by atoms with Crippen molar-refractivity contribution < 1.29 is 16.8 Å². The normalized spacial score (nSPS) is 18.7. The SMILES string of the molecule is CS(=O)(=O)c1cccc(S(=O)(=O)N(CCN2CCCC2)C2CCN(CCCc3ccccc3)CC2)c1. The monoisotopic (exact) mass is 533 g/mol. The third-order valence-electron chi connectivity index (χ3n) is 7.42. The first kappa shape index (κ1) is 27.3. The highest BCUT2D eigenvalue weighted by Gasteiger charge is 2.34. The smallest absolute Gasteiger partial charge is 0.243 e. The van der Waals surface area contributed by atoms with E-state index in [1.165, 1.54) is 29.8 Å². The number of benzene rings is 2. The van der Waals surface area contributed by atoms with Gasteiger partial charge in [-0.05, 0) is 95.0 Å². The fraction of sp³-hybridized carbons (Fsp3) is 0.556. The maximum atomic E-state index is 13.8. The molecule has 2 heterocycles. The van der Waals surface area contributed by atoms with Gasteiger partial charge in [-0.25, -0.2) is 16.8 Å². The Balaban J connectivity index is 1.43. The lowest BCUT2D eigenvalue weighted by Crippen LogP contribution is -2.49.